The number of nitrogens with zero attached hydrogens (tertiary/aromatic N) is 3. The lowest BCUT2D eigenvalue weighted by Gasteiger charge is -2.16. The molecule has 0 saturated carbocycles. The number of sulfonamides is 1. The molecule has 1 aromatic heterocycles. The summed E-state index contributed by atoms with van der Waals surface area (Å²) in [6, 6.07) is 3.35. The normalized spacial score (nSPS) is 17.3. The van der Waals surface area contributed by atoms with Gasteiger partial charge in [0.25, 0.3) is 0 Å². The van der Waals surface area contributed by atoms with Crippen LogP contribution in [0.4, 0.5) is 5.82 Å². The molecule has 0 aliphatic carbocycles. The Morgan fingerprint density at radius 2 is 1.88 bits per heavy atom. The summed E-state index contributed by atoms with van der Waals surface area (Å²) in [5, 5.41) is 0. The van der Waals surface area contributed by atoms with E-state index in [0.717, 1.165) is 18.7 Å². The number of pyridine rings is 1. The first-order valence-electron chi connectivity index (χ1n) is 5.65. The molecule has 0 N–H and O–H groups in total. The number of rotatable bonds is 3. The van der Waals surface area contributed by atoms with Crippen molar-refractivity contribution in [1.29, 1.82) is 0 Å². The first-order chi connectivity index (χ1) is 8.01. The van der Waals surface area contributed by atoms with E-state index in [1.54, 1.807) is 12.1 Å². The number of hydrogen-bond acceptors (Lipinski definition) is 4. The molecule has 1 aliphatic heterocycles. The number of aromatic nitrogens is 1. The summed E-state index contributed by atoms with van der Waals surface area (Å²) in [6.45, 7) is 1.25. The summed E-state index contributed by atoms with van der Waals surface area (Å²) in [5.74, 6) is 0.755. The van der Waals surface area contributed by atoms with Crippen LogP contribution < -0.4 is 4.90 Å². The van der Waals surface area contributed by atoms with E-state index in [2.05, 4.69) is 4.98 Å². The van der Waals surface area contributed by atoms with Crippen molar-refractivity contribution < 1.29 is 8.42 Å². The lowest BCUT2D eigenvalue weighted by atomic mass is 10.4. The molecule has 6 heteroatoms. The molecular weight excluding hydrogens is 238 g/mol. The third-order valence-electron chi connectivity index (χ3n) is 2.88. The third kappa shape index (κ3) is 2.42. The van der Waals surface area contributed by atoms with Crippen molar-refractivity contribution in [3.63, 3.8) is 0 Å². The number of anilines is 1. The molecule has 1 aromatic rings. The minimum atomic E-state index is -3.33. The average molecular weight is 255 g/mol. The fourth-order valence-electron chi connectivity index (χ4n) is 1.87. The van der Waals surface area contributed by atoms with E-state index in [1.165, 1.54) is 10.5 Å². The van der Waals surface area contributed by atoms with Gasteiger partial charge >= 0.3 is 0 Å². The molecule has 0 atom stereocenters. The molecular formula is C11H17N3O2S. The molecule has 0 aromatic carbocycles. The highest BCUT2D eigenvalue weighted by atomic mass is 32.2. The minimum absolute atomic E-state index is 0.282. The second kappa shape index (κ2) is 4.62. The van der Waals surface area contributed by atoms with Crippen LogP contribution in [0.5, 0.6) is 0 Å². The molecule has 94 valence electrons. The zero-order valence-corrected chi connectivity index (χ0v) is 10.9. The van der Waals surface area contributed by atoms with Crippen LogP contribution in [0.1, 0.15) is 12.8 Å². The quantitative estimate of drug-likeness (QED) is 0.806. The monoisotopic (exact) mass is 255 g/mol. The topological polar surface area (TPSA) is 53.5 Å². The van der Waals surface area contributed by atoms with E-state index < -0.39 is 10.0 Å². The predicted molar refractivity (Wildman–Crippen MR) is 66.6 cm³/mol. The van der Waals surface area contributed by atoms with E-state index in [9.17, 15) is 8.42 Å². The van der Waals surface area contributed by atoms with Crippen molar-refractivity contribution >= 4 is 15.8 Å². The van der Waals surface area contributed by atoms with Gasteiger partial charge < -0.3 is 4.90 Å². The maximum absolute atomic E-state index is 12.2. The third-order valence-corrected chi connectivity index (χ3v) is 4.76. The van der Waals surface area contributed by atoms with Crippen molar-refractivity contribution in [2.45, 2.75) is 17.7 Å². The van der Waals surface area contributed by atoms with Gasteiger partial charge in [-0.25, -0.2) is 13.4 Å². The van der Waals surface area contributed by atoms with E-state index in [4.69, 9.17) is 0 Å². The number of hydrogen-bond donors (Lipinski definition) is 0. The van der Waals surface area contributed by atoms with Crippen LogP contribution in [0.25, 0.3) is 0 Å². The first kappa shape index (κ1) is 12.3. The van der Waals surface area contributed by atoms with Crippen LogP contribution in [0.15, 0.2) is 23.2 Å². The Morgan fingerprint density at radius 1 is 1.24 bits per heavy atom. The molecule has 1 aliphatic rings. The molecule has 0 spiro atoms. The Kier molecular flexibility index (Phi) is 3.35. The lowest BCUT2D eigenvalue weighted by molar-refractivity contribution is 0.477. The second-order valence-corrected chi connectivity index (χ2v) is 6.30. The van der Waals surface area contributed by atoms with E-state index in [-0.39, 0.29) is 4.90 Å². The Labute approximate surface area is 102 Å². The van der Waals surface area contributed by atoms with E-state index >= 15 is 0 Å². The zero-order chi connectivity index (χ0) is 12.5. The maximum Gasteiger partial charge on any atom is 0.244 e. The van der Waals surface area contributed by atoms with E-state index in [0.29, 0.717) is 13.1 Å². The SMILES string of the molecule is CN(C)c1ccc(S(=O)(=O)N2CCCC2)cn1. The van der Waals surface area contributed by atoms with E-state index in [1.807, 2.05) is 19.0 Å². The smallest absolute Gasteiger partial charge is 0.244 e. The van der Waals surface area contributed by atoms with Crippen LogP contribution in [-0.2, 0) is 10.0 Å². The lowest BCUT2D eigenvalue weighted by Crippen LogP contribution is -2.28. The van der Waals surface area contributed by atoms with Crippen LogP contribution in [0.3, 0.4) is 0 Å². The fraction of sp³-hybridized carbons (Fsp3) is 0.545. The van der Waals surface area contributed by atoms with Crippen molar-refractivity contribution in [2.24, 2.45) is 0 Å². The Bertz CT molecular complexity index is 476. The van der Waals surface area contributed by atoms with Crippen LogP contribution >= 0.6 is 0 Å². The van der Waals surface area contributed by atoms with Crippen molar-refractivity contribution in [3.8, 4) is 0 Å². The molecule has 1 saturated heterocycles. The summed E-state index contributed by atoms with van der Waals surface area (Å²) in [4.78, 5) is 6.26. The Balaban J connectivity index is 2.27. The molecule has 1 fully saturated rings. The Hall–Kier alpha value is -1.14. The maximum atomic E-state index is 12.2. The summed E-state index contributed by atoms with van der Waals surface area (Å²) in [5.41, 5.74) is 0. The van der Waals surface area contributed by atoms with Gasteiger partial charge in [0.2, 0.25) is 10.0 Å². The van der Waals surface area contributed by atoms with Gasteiger partial charge in [0.15, 0.2) is 0 Å². The van der Waals surface area contributed by atoms with Crippen molar-refractivity contribution in [1.82, 2.24) is 9.29 Å². The standard InChI is InChI=1S/C11H17N3O2S/c1-13(2)11-6-5-10(9-12-11)17(15,16)14-7-3-4-8-14/h5-6,9H,3-4,7-8H2,1-2H3. The molecule has 0 bridgehead atoms. The first-order valence-corrected chi connectivity index (χ1v) is 7.09. The highest BCUT2D eigenvalue weighted by Gasteiger charge is 2.27. The van der Waals surface area contributed by atoms with Crippen LogP contribution in [-0.4, -0.2) is 44.9 Å². The highest BCUT2D eigenvalue weighted by molar-refractivity contribution is 7.89. The summed E-state index contributed by atoms with van der Waals surface area (Å²) in [6.07, 6.45) is 3.33. The van der Waals surface area contributed by atoms with Gasteiger partial charge in [-0.15, -0.1) is 0 Å². The zero-order valence-electron chi connectivity index (χ0n) is 10.1. The fourth-order valence-corrected chi connectivity index (χ4v) is 3.33. The van der Waals surface area contributed by atoms with Gasteiger partial charge in [0.1, 0.15) is 10.7 Å². The molecule has 5 nitrogen and oxygen atoms in total. The largest absolute Gasteiger partial charge is 0.363 e. The molecule has 0 unspecified atom stereocenters. The summed E-state index contributed by atoms with van der Waals surface area (Å²) in [7, 11) is 0.415. The summed E-state index contributed by atoms with van der Waals surface area (Å²) < 4.78 is 25.9. The van der Waals surface area contributed by atoms with Crippen molar-refractivity contribution in [3.05, 3.63) is 18.3 Å². The van der Waals surface area contributed by atoms with Crippen molar-refractivity contribution in [2.75, 3.05) is 32.1 Å². The second-order valence-electron chi connectivity index (χ2n) is 4.36. The van der Waals surface area contributed by atoms with Gasteiger partial charge in [0.05, 0.1) is 0 Å². The predicted octanol–water partition coefficient (Wildman–Crippen LogP) is 0.932. The molecule has 2 rings (SSSR count). The van der Waals surface area contributed by atoms with Gasteiger partial charge in [-0.05, 0) is 25.0 Å². The van der Waals surface area contributed by atoms with Gasteiger partial charge in [-0.2, -0.15) is 4.31 Å². The molecule has 0 radical (unpaired) electrons. The van der Waals surface area contributed by atoms with Crippen LogP contribution in [0, 0.1) is 0 Å². The van der Waals surface area contributed by atoms with Gasteiger partial charge in [0, 0.05) is 33.4 Å². The molecule has 17 heavy (non-hydrogen) atoms. The highest BCUT2D eigenvalue weighted by Crippen LogP contribution is 2.21. The Morgan fingerprint density at radius 3 is 2.35 bits per heavy atom. The van der Waals surface area contributed by atoms with Gasteiger partial charge in [-0.1, -0.05) is 0 Å². The minimum Gasteiger partial charge on any atom is -0.363 e. The van der Waals surface area contributed by atoms with Gasteiger partial charge in [-0.3, -0.25) is 0 Å². The van der Waals surface area contributed by atoms with Crippen LogP contribution in [0.2, 0.25) is 0 Å². The average Bonchev–Trinajstić information content (AvgIpc) is 2.83. The molecule has 2 heterocycles. The summed E-state index contributed by atoms with van der Waals surface area (Å²) >= 11 is 0. The molecule has 0 amide bonds.